The maximum Gasteiger partial charge on any atom is 0.412 e. The Morgan fingerprint density at radius 1 is 1.19 bits per heavy atom. The molecule has 0 saturated heterocycles. The molecule has 1 atom stereocenters. The van der Waals surface area contributed by atoms with Crippen molar-refractivity contribution in [2.45, 2.75) is 13.5 Å². The molecular formula is C23H24ClFN4O3. The number of nitrogens with zero attached hydrogens (tertiary/aromatic N) is 2. The Bertz CT molecular complexity index is 1110. The lowest BCUT2D eigenvalue weighted by Gasteiger charge is -2.22. The SMILES string of the molecule is CC(COC(=O)Nc1cc2ccccc2cn1)CN(C)C(=O)NCc1cccc(F)c1Cl. The van der Waals surface area contributed by atoms with Gasteiger partial charge < -0.3 is 15.0 Å². The Kier molecular flexibility index (Phi) is 7.83. The van der Waals surface area contributed by atoms with Crippen LogP contribution in [0.5, 0.6) is 0 Å². The number of benzene rings is 2. The normalized spacial score (nSPS) is 11.6. The maximum absolute atomic E-state index is 13.5. The van der Waals surface area contributed by atoms with E-state index in [2.05, 4.69) is 15.6 Å². The van der Waals surface area contributed by atoms with Crippen molar-refractivity contribution in [1.29, 1.82) is 0 Å². The van der Waals surface area contributed by atoms with Gasteiger partial charge in [0.1, 0.15) is 11.6 Å². The largest absolute Gasteiger partial charge is 0.449 e. The van der Waals surface area contributed by atoms with Gasteiger partial charge in [-0.05, 0) is 23.1 Å². The minimum absolute atomic E-state index is 0.0101. The van der Waals surface area contributed by atoms with Crippen LogP contribution < -0.4 is 10.6 Å². The molecule has 0 aliphatic heterocycles. The van der Waals surface area contributed by atoms with Gasteiger partial charge in [0.15, 0.2) is 0 Å². The van der Waals surface area contributed by atoms with Crippen molar-refractivity contribution in [3.63, 3.8) is 0 Å². The van der Waals surface area contributed by atoms with Gasteiger partial charge in [-0.25, -0.2) is 19.0 Å². The van der Waals surface area contributed by atoms with Crippen LogP contribution in [0.2, 0.25) is 5.02 Å². The molecule has 0 spiro atoms. The standard InChI is InChI=1S/C23H24ClFN4O3/c1-15(13-29(2)22(30)27-12-18-8-5-9-19(25)21(18)24)14-32-23(31)28-20-10-16-6-3-4-7-17(16)11-26-20/h3-11,15H,12-14H2,1-2H3,(H,27,30)(H,26,28,31). The summed E-state index contributed by atoms with van der Waals surface area (Å²) < 4.78 is 18.7. The summed E-state index contributed by atoms with van der Waals surface area (Å²) >= 11 is 5.90. The van der Waals surface area contributed by atoms with Crippen molar-refractivity contribution in [2.75, 3.05) is 25.5 Å². The van der Waals surface area contributed by atoms with Crippen LogP contribution in [-0.4, -0.2) is 42.2 Å². The molecule has 7 nitrogen and oxygen atoms in total. The Balaban J connectivity index is 1.41. The molecule has 32 heavy (non-hydrogen) atoms. The first-order valence-electron chi connectivity index (χ1n) is 10.0. The molecule has 168 valence electrons. The molecular weight excluding hydrogens is 435 g/mol. The molecule has 0 fully saturated rings. The summed E-state index contributed by atoms with van der Waals surface area (Å²) in [6.45, 7) is 2.43. The summed E-state index contributed by atoms with van der Waals surface area (Å²) in [5.41, 5.74) is 0.490. The summed E-state index contributed by atoms with van der Waals surface area (Å²) in [6, 6.07) is 13.5. The van der Waals surface area contributed by atoms with E-state index in [-0.39, 0.29) is 30.1 Å². The Morgan fingerprint density at radius 2 is 1.94 bits per heavy atom. The zero-order valence-corrected chi connectivity index (χ0v) is 18.5. The van der Waals surface area contributed by atoms with E-state index in [1.807, 2.05) is 31.2 Å². The maximum atomic E-state index is 13.5. The summed E-state index contributed by atoms with van der Waals surface area (Å²) in [5.74, 6) is -0.248. The number of nitrogens with one attached hydrogen (secondary N) is 2. The third kappa shape index (κ3) is 6.31. The Hall–Kier alpha value is -3.39. The number of hydrogen-bond donors (Lipinski definition) is 2. The molecule has 2 aromatic carbocycles. The van der Waals surface area contributed by atoms with E-state index in [9.17, 15) is 14.0 Å². The number of halogens is 2. The second-order valence-corrected chi connectivity index (χ2v) is 7.88. The fourth-order valence-corrected chi connectivity index (χ4v) is 3.30. The van der Waals surface area contributed by atoms with E-state index < -0.39 is 11.9 Å². The molecule has 1 heterocycles. The molecule has 0 radical (unpaired) electrons. The van der Waals surface area contributed by atoms with Crippen LogP contribution in [0.15, 0.2) is 54.7 Å². The Morgan fingerprint density at radius 3 is 2.72 bits per heavy atom. The number of carbonyl (C=O) groups excluding carboxylic acids is 2. The minimum atomic E-state index is -0.618. The first-order chi connectivity index (χ1) is 15.3. The van der Waals surface area contributed by atoms with Crippen LogP contribution in [-0.2, 0) is 11.3 Å². The predicted molar refractivity (Wildman–Crippen MR) is 122 cm³/mol. The molecule has 1 aromatic heterocycles. The molecule has 0 aliphatic carbocycles. The van der Waals surface area contributed by atoms with Gasteiger partial charge in [0, 0.05) is 37.6 Å². The highest BCUT2D eigenvalue weighted by Gasteiger charge is 2.15. The van der Waals surface area contributed by atoms with Gasteiger partial charge in [0.25, 0.3) is 0 Å². The van der Waals surface area contributed by atoms with Crippen LogP contribution >= 0.6 is 11.6 Å². The number of fused-ring (bicyclic) bond motifs is 1. The zero-order valence-electron chi connectivity index (χ0n) is 17.8. The van der Waals surface area contributed by atoms with Gasteiger partial charge in [0.2, 0.25) is 0 Å². The van der Waals surface area contributed by atoms with Crippen LogP contribution in [0, 0.1) is 11.7 Å². The Labute approximate surface area is 190 Å². The first-order valence-corrected chi connectivity index (χ1v) is 10.4. The average molecular weight is 459 g/mol. The van der Waals surface area contributed by atoms with E-state index in [0.717, 1.165) is 10.8 Å². The number of aromatic nitrogens is 1. The zero-order chi connectivity index (χ0) is 23.1. The minimum Gasteiger partial charge on any atom is -0.449 e. The van der Waals surface area contributed by atoms with E-state index in [1.165, 1.54) is 17.0 Å². The molecule has 0 aliphatic rings. The molecule has 3 amide bonds. The second-order valence-electron chi connectivity index (χ2n) is 7.50. The molecule has 0 bridgehead atoms. The number of rotatable bonds is 7. The molecule has 1 unspecified atom stereocenters. The van der Waals surface area contributed by atoms with Gasteiger partial charge in [-0.3, -0.25) is 5.32 Å². The lowest BCUT2D eigenvalue weighted by atomic mass is 10.2. The predicted octanol–water partition coefficient (Wildman–Crippen LogP) is 5.05. The van der Waals surface area contributed by atoms with E-state index in [4.69, 9.17) is 16.3 Å². The van der Waals surface area contributed by atoms with E-state index >= 15 is 0 Å². The van der Waals surface area contributed by atoms with Crippen LogP contribution in [0.3, 0.4) is 0 Å². The smallest absolute Gasteiger partial charge is 0.412 e. The lowest BCUT2D eigenvalue weighted by molar-refractivity contribution is 0.134. The van der Waals surface area contributed by atoms with E-state index in [1.54, 1.807) is 25.4 Å². The van der Waals surface area contributed by atoms with Crippen LogP contribution in [0.4, 0.5) is 19.8 Å². The molecule has 9 heteroatoms. The molecule has 3 rings (SSSR count). The van der Waals surface area contributed by atoms with Gasteiger partial charge in [-0.15, -0.1) is 0 Å². The van der Waals surface area contributed by atoms with Crippen molar-refractivity contribution in [2.24, 2.45) is 5.92 Å². The van der Waals surface area contributed by atoms with Crippen molar-refractivity contribution in [1.82, 2.24) is 15.2 Å². The first kappa shape index (κ1) is 23.3. The number of amides is 3. The molecule has 2 N–H and O–H groups in total. The highest BCUT2D eigenvalue weighted by Crippen LogP contribution is 2.19. The number of carbonyl (C=O) groups is 2. The second kappa shape index (κ2) is 10.8. The van der Waals surface area contributed by atoms with Crippen LogP contribution in [0.1, 0.15) is 12.5 Å². The van der Waals surface area contributed by atoms with Gasteiger partial charge in [-0.1, -0.05) is 54.9 Å². The van der Waals surface area contributed by atoms with Crippen LogP contribution in [0.25, 0.3) is 10.8 Å². The highest BCUT2D eigenvalue weighted by atomic mass is 35.5. The van der Waals surface area contributed by atoms with Gasteiger partial charge in [0.05, 0.1) is 11.6 Å². The lowest BCUT2D eigenvalue weighted by Crippen LogP contribution is -2.40. The van der Waals surface area contributed by atoms with Crippen molar-refractivity contribution < 1.29 is 18.7 Å². The number of ether oxygens (including phenoxy) is 1. The molecule has 0 saturated carbocycles. The third-order valence-corrected chi connectivity index (χ3v) is 5.18. The number of urea groups is 1. The summed E-state index contributed by atoms with van der Waals surface area (Å²) in [4.78, 5) is 30.0. The number of hydrogen-bond acceptors (Lipinski definition) is 4. The van der Waals surface area contributed by atoms with Crippen molar-refractivity contribution in [3.05, 3.63) is 71.1 Å². The third-order valence-electron chi connectivity index (χ3n) is 4.75. The van der Waals surface area contributed by atoms with Crippen molar-refractivity contribution in [3.8, 4) is 0 Å². The monoisotopic (exact) mass is 458 g/mol. The van der Waals surface area contributed by atoms with Gasteiger partial charge in [-0.2, -0.15) is 0 Å². The number of pyridine rings is 1. The highest BCUT2D eigenvalue weighted by molar-refractivity contribution is 6.31. The summed E-state index contributed by atoms with van der Waals surface area (Å²) in [6.07, 6.45) is 1.06. The number of anilines is 1. The molecule has 3 aromatic rings. The van der Waals surface area contributed by atoms with Crippen molar-refractivity contribution >= 4 is 40.3 Å². The summed E-state index contributed by atoms with van der Waals surface area (Å²) in [7, 11) is 1.62. The quantitative estimate of drug-likeness (QED) is 0.518. The van der Waals surface area contributed by atoms with Gasteiger partial charge >= 0.3 is 12.1 Å². The average Bonchev–Trinajstić information content (AvgIpc) is 2.78. The topological polar surface area (TPSA) is 83.6 Å². The fraction of sp³-hybridized carbons (Fsp3) is 0.261. The van der Waals surface area contributed by atoms with E-state index in [0.29, 0.717) is 17.9 Å². The fourth-order valence-electron chi connectivity index (χ4n) is 3.10. The summed E-state index contributed by atoms with van der Waals surface area (Å²) in [5, 5.41) is 7.22.